The summed E-state index contributed by atoms with van der Waals surface area (Å²) in [7, 11) is 0. The summed E-state index contributed by atoms with van der Waals surface area (Å²) in [5.74, 6) is 0.639. The van der Waals surface area contributed by atoms with E-state index in [1.165, 1.54) is 5.69 Å². The summed E-state index contributed by atoms with van der Waals surface area (Å²) < 4.78 is 2.01. The van der Waals surface area contributed by atoms with Crippen LogP contribution in [-0.4, -0.2) is 22.2 Å². The van der Waals surface area contributed by atoms with Crippen LogP contribution in [0.25, 0.3) is 0 Å². The van der Waals surface area contributed by atoms with Crippen LogP contribution in [0, 0.1) is 25.7 Å². The fourth-order valence-corrected chi connectivity index (χ4v) is 1.85. The predicted molar refractivity (Wildman–Crippen MR) is 73.3 cm³/mol. The van der Waals surface area contributed by atoms with Crippen molar-refractivity contribution in [3.8, 4) is 0 Å². The highest BCUT2D eigenvalue weighted by Crippen LogP contribution is 2.06. The zero-order valence-corrected chi connectivity index (χ0v) is 12.2. The van der Waals surface area contributed by atoms with Crippen molar-refractivity contribution in [3.05, 3.63) is 17.5 Å². The molecule has 1 amide bonds. The summed E-state index contributed by atoms with van der Waals surface area (Å²) in [5.41, 5.74) is 2.22. The van der Waals surface area contributed by atoms with Crippen molar-refractivity contribution in [2.24, 2.45) is 11.8 Å². The highest BCUT2D eigenvalue weighted by molar-refractivity contribution is 5.78. The molecule has 4 nitrogen and oxygen atoms in total. The topological polar surface area (TPSA) is 46.9 Å². The minimum absolute atomic E-state index is 0.103. The third-order valence-electron chi connectivity index (χ3n) is 3.27. The zero-order chi connectivity index (χ0) is 13.7. The van der Waals surface area contributed by atoms with Gasteiger partial charge in [-0.2, -0.15) is 5.10 Å². The average molecular weight is 251 g/mol. The molecule has 1 N–H and O–H groups in total. The molecule has 0 radical (unpaired) electrons. The summed E-state index contributed by atoms with van der Waals surface area (Å²) in [6, 6.07) is 2.07. The monoisotopic (exact) mass is 251 g/mol. The third kappa shape index (κ3) is 4.17. The largest absolute Gasteiger partial charge is 0.356 e. The average Bonchev–Trinajstić information content (AvgIpc) is 2.63. The Morgan fingerprint density at radius 2 is 2.11 bits per heavy atom. The van der Waals surface area contributed by atoms with Gasteiger partial charge in [0.05, 0.1) is 5.69 Å². The van der Waals surface area contributed by atoms with E-state index in [1.807, 2.05) is 25.5 Å². The van der Waals surface area contributed by atoms with Gasteiger partial charge in [0.25, 0.3) is 0 Å². The lowest BCUT2D eigenvalue weighted by Gasteiger charge is -2.15. The molecule has 0 aromatic carbocycles. The molecule has 0 saturated heterocycles. The van der Waals surface area contributed by atoms with Crippen LogP contribution >= 0.6 is 0 Å². The van der Waals surface area contributed by atoms with Gasteiger partial charge in [0.15, 0.2) is 0 Å². The maximum atomic E-state index is 11.7. The van der Waals surface area contributed by atoms with Gasteiger partial charge in [0.2, 0.25) is 5.91 Å². The van der Waals surface area contributed by atoms with E-state index in [2.05, 4.69) is 30.3 Å². The lowest BCUT2D eigenvalue weighted by atomic mass is 10.1. The summed E-state index contributed by atoms with van der Waals surface area (Å²) in [6.07, 6.45) is 0.887. The molecule has 0 bridgehead atoms. The van der Waals surface area contributed by atoms with E-state index in [0.29, 0.717) is 12.5 Å². The molecule has 102 valence electrons. The molecule has 18 heavy (non-hydrogen) atoms. The molecule has 1 rings (SSSR count). The number of carbonyl (C=O) groups is 1. The lowest BCUT2D eigenvalue weighted by Crippen LogP contribution is -2.33. The Bertz CT molecular complexity index is 398. The molecule has 0 saturated carbocycles. The molecule has 2 atom stereocenters. The minimum Gasteiger partial charge on any atom is -0.356 e. The maximum Gasteiger partial charge on any atom is 0.222 e. The summed E-state index contributed by atoms with van der Waals surface area (Å²) in [6.45, 7) is 11.7. The Kier molecular flexibility index (Phi) is 5.38. The van der Waals surface area contributed by atoms with Crippen LogP contribution in [0.4, 0.5) is 0 Å². The number of carbonyl (C=O) groups excluding carboxylic acids is 1. The molecule has 0 fully saturated rings. The van der Waals surface area contributed by atoms with Gasteiger partial charge >= 0.3 is 0 Å². The van der Waals surface area contributed by atoms with E-state index in [1.54, 1.807) is 0 Å². The first-order chi connectivity index (χ1) is 8.43. The molecule has 1 heterocycles. The van der Waals surface area contributed by atoms with E-state index in [4.69, 9.17) is 0 Å². The molecule has 0 unspecified atom stereocenters. The van der Waals surface area contributed by atoms with Crippen LogP contribution in [0.15, 0.2) is 6.07 Å². The summed E-state index contributed by atoms with van der Waals surface area (Å²) in [4.78, 5) is 11.7. The number of aromatic nitrogens is 2. The Labute approximate surface area is 110 Å². The highest BCUT2D eigenvalue weighted by Gasteiger charge is 2.12. The smallest absolute Gasteiger partial charge is 0.222 e. The van der Waals surface area contributed by atoms with Gasteiger partial charge in [-0.1, -0.05) is 20.8 Å². The number of hydrogen-bond donors (Lipinski definition) is 1. The van der Waals surface area contributed by atoms with Gasteiger partial charge in [-0.3, -0.25) is 9.48 Å². The Balaban J connectivity index is 2.40. The van der Waals surface area contributed by atoms with E-state index < -0.39 is 0 Å². The number of nitrogens with zero attached hydrogens (tertiary/aromatic N) is 2. The Morgan fingerprint density at radius 1 is 1.44 bits per heavy atom. The van der Waals surface area contributed by atoms with Crippen LogP contribution in [0.5, 0.6) is 0 Å². The molecule has 0 aliphatic heterocycles. The van der Waals surface area contributed by atoms with Crippen LogP contribution in [0.2, 0.25) is 0 Å². The Hall–Kier alpha value is -1.32. The molecule has 0 spiro atoms. The van der Waals surface area contributed by atoms with Crippen molar-refractivity contribution in [1.29, 1.82) is 0 Å². The second kappa shape index (κ2) is 6.57. The van der Waals surface area contributed by atoms with Crippen molar-refractivity contribution in [3.63, 3.8) is 0 Å². The first-order valence-corrected chi connectivity index (χ1v) is 6.72. The van der Waals surface area contributed by atoms with E-state index >= 15 is 0 Å². The van der Waals surface area contributed by atoms with E-state index in [0.717, 1.165) is 18.7 Å². The van der Waals surface area contributed by atoms with Crippen LogP contribution in [0.1, 0.15) is 38.6 Å². The van der Waals surface area contributed by atoms with Gasteiger partial charge < -0.3 is 5.32 Å². The predicted octanol–water partition coefficient (Wildman–Crippen LogP) is 2.30. The molecule has 1 aromatic rings. The quantitative estimate of drug-likeness (QED) is 0.843. The number of rotatable bonds is 6. The van der Waals surface area contributed by atoms with Crippen LogP contribution < -0.4 is 5.32 Å². The fraction of sp³-hybridized carbons (Fsp3) is 0.714. The van der Waals surface area contributed by atoms with Gasteiger partial charge in [-0.25, -0.2) is 0 Å². The third-order valence-corrected chi connectivity index (χ3v) is 3.27. The molecular formula is C14H25N3O. The van der Waals surface area contributed by atoms with Gasteiger partial charge in [-0.05, 0) is 32.3 Å². The first kappa shape index (κ1) is 14.7. The van der Waals surface area contributed by atoms with Crippen molar-refractivity contribution in [1.82, 2.24) is 15.1 Å². The first-order valence-electron chi connectivity index (χ1n) is 6.72. The number of nitrogens with one attached hydrogen (secondary N) is 1. The molecule has 0 aliphatic rings. The zero-order valence-electron chi connectivity index (χ0n) is 12.2. The SMILES string of the molecule is CC[C@H](C)C(=O)NC[C@@H](C)Cn1nc(C)cc1C. The molecular weight excluding hydrogens is 226 g/mol. The summed E-state index contributed by atoms with van der Waals surface area (Å²) in [5, 5.41) is 7.43. The number of hydrogen-bond acceptors (Lipinski definition) is 2. The lowest BCUT2D eigenvalue weighted by molar-refractivity contribution is -0.124. The standard InChI is InChI=1S/C14H25N3O/c1-6-11(3)14(18)15-8-10(2)9-17-13(5)7-12(4)16-17/h7,10-11H,6,8-9H2,1-5H3,(H,15,18)/t10-,11+/m1/s1. The maximum absolute atomic E-state index is 11.7. The van der Waals surface area contributed by atoms with Crippen molar-refractivity contribution >= 4 is 5.91 Å². The Morgan fingerprint density at radius 3 is 2.61 bits per heavy atom. The van der Waals surface area contributed by atoms with Crippen LogP contribution in [0.3, 0.4) is 0 Å². The van der Waals surface area contributed by atoms with E-state index in [9.17, 15) is 4.79 Å². The number of aryl methyl sites for hydroxylation is 2. The molecule has 0 aliphatic carbocycles. The fourth-order valence-electron chi connectivity index (χ4n) is 1.85. The van der Waals surface area contributed by atoms with Crippen LogP contribution in [-0.2, 0) is 11.3 Å². The van der Waals surface area contributed by atoms with Crippen molar-refractivity contribution < 1.29 is 4.79 Å². The normalized spacial score (nSPS) is 14.3. The highest BCUT2D eigenvalue weighted by atomic mass is 16.1. The minimum atomic E-state index is 0.103. The van der Waals surface area contributed by atoms with Crippen molar-refractivity contribution in [2.45, 2.75) is 47.6 Å². The van der Waals surface area contributed by atoms with Gasteiger partial charge in [-0.15, -0.1) is 0 Å². The second-order valence-electron chi connectivity index (χ2n) is 5.27. The summed E-state index contributed by atoms with van der Waals surface area (Å²) >= 11 is 0. The van der Waals surface area contributed by atoms with Gasteiger partial charge in [0, 0.05) is 24.7 Å². The second-order valence-corrected chi connectivity index (χ2v) is 5.27. The number of amides is 1. The van der Waals surface area contributed by atoms with Crippen molar-refractivity contribution in [2.75, 3.05) is 6.54 Å². The van der Waals surface area contributed by atoms with Gasteiger partial charge in [0.1, 0.15) is 0 Å². The molecule has 1 aromatic heterocycles. The van der Waals surface area contributed by atoms with E-state index in [-0.39, 0.29) is 11.8 Å². The molecule has 4 heteroatoms.